The van der Waals surface area contributed by atoms with Crippen LogP contribution in [0.15, 0.2) is 54.7 Å². The fraction of sp³-hybridized carbons (Fsp3) is 0.0667. The molecule has 0 bridgehead atoms. The number of rotatable bonds is 1. The summed E-state index contributed by atoms with van der Waals surface area (Å²) in [6.45, 7) is 2.15. The molecule has 0 unspecified atom stereocenters. The molecule has 2 heterocycles. The fourth-order valence-electron chi connectivity index (χ4n) is 2.06. The zero-order chi connectivity index (χ0) is 11.0. The first kappa shape index (κ1) is 9.22. The van der Waals surface area contributed by atoms with Crippen LogP contribution in [0.3, 0.4) is 0 Å². The smallest absolute Gasteiger partial charge is 0.0786 e. The van der Waals surface area contributed by atoms with Crippen molar-refractivity contribution in [3.8, 4) is 11.1 Å². The highest BCUT2D eigenvalue weighted by atomic mass is 14.9. The molecule has 0 saturated carbocycles. The van der Waals surface area contributed by atoms with Crippen LogP contribution >= 0.6 is 0 Å². The molecule has 0 aliphatic carbocycles. The van der Waals surface area contributed by atoms with E-state index < -0.39 is 0 Å². The van der Waals surface area contributed by atoms with Crippen molar-refractivity contribution in [1.82, 2.24) is 4.40 Å². The lowest BCUT2D eigenvalue weighted by atomic mass is 10.1. The molecule has 0 spiro atoms. The topological polar surface area (TPSA) is 4.41 Å². The number of aryl methyl sites for hydroxylation is 1. The number of hydrogen-bond donors (Lipinski definition) is 0. The van der Waals surface area contributed by atoms with Gasteiger partial charge in [-0.25, -0.2) is 0 Å². The van der Waals surface area contributed by atoms with E-state index in [0.717, 1.165) is 0 Å². The van der Waals surface area contributed by atoms with Crippen LogP contribution in [0.1, 0.15) is 5.56 Å². The zero-order valence-corrected chi connectivity index (χ0v) is 9.14. The molecule has 0 fully saturated rings. The summed E-state index contributed by atoms with van der Waals surface area (Å²) in [7, 11) is 0. The van der Waals surface area contributed by atoms with E-state index in [2.05, 4.69) is 53.9 Å². The van der Waals surface area contributed by atoms with Gasteiger partial charge in [-0.2, -0.15) is 0 Å². The normalized spacial score (nSPS) is 10.8. The lowest BCUT2D eigenvalue weighted by Crippen LogP contribution is -1.78. The maximum atomic E-state index is 3.40. The Hall–Kier alpha value is -2.02. The lowest BCUT2D eigenvalue weighted by molar-refractivity contribution is 1.19. The minimum absolute atomic E-state index is 1.19. The summed E-state index contributed by atoms with van der Waals surface area (Å²) in [6, 6.07) is 16.6. The minimum atomic E-state index is 1.19. The zero-order valence-electron chi connectivity index (χ0n) is 9.14. The highest BCUT2D eigenvalue weighted by Gasteiger charge is 2.07. The van der Waals surface area contributed by atoms with Crippen molar-refractivity contribution in [2.45, 2.75) is 6.92 Å². The maximum absolute atomic E-state index is 3.40. The molecule has 1 heteroatoms. The molecule has 0 aliphatic heterocycles. The van der Waals surface area contributed by atoms with Gasteiger partial charge in [0.25, 0.3) is 0 Å². The Bertz CT molecular complexity index is 620. The second kappa shape index (κ2) is 3.53. The Balaban J connectivity index is 2.29. The van der Waals surface area contributed by atoms with Crippen LogP contribution in [0.4, 0.5) is 0 Å². The molecule has 0 saturated heterocycles. The largest absolute Gasteiger partial charge is 0.314 e. The third kappa shape index (κ3) is 1.33. The van der Waals surface area contributed by atoms with Crippen molar-refractivity contribution in [1.29, 1.82) is 0 Å². The van der Waals surface area contributed by atoms with Crippen molar-refractivity contribution in [2.24, 2.45) is 0 Å². The molecule has 3 rings (SSSR count). The highest BCUT2D eigenvalue weighted by molar-refractivity contribution is 5.75. The monoisotopic (exact) mass is 206 g/mol. The first-order valence-electron chi connectivity index (χ1n) is 5.40. The molecule has 0 aliphatic rings. The summed E-state index contributed by atoms with van der Waals surface area (Å²) in [5.74, 6) is 0. The van der Waals surface area contributed by atoms with E-state index in [1.807, 2.05) is 18.3 Å². The Morgan fingerprint density at radius 3 is 2.44 bits per heavy atom. The number of nitrogens with zero attached hydrogens (tertiary/aromatic N) is 1. The van der Waals surface area contributed by atoms with Crippen LogP contribution < -0.4 is 0 Å². The van der Waals surface area contributed by atoms with Crippen LogP contribution in [-0.2, 0) is 0 Å². The third-order valence-corrected chi connectivity index (χ3v) is 2.91. The molecule has 1 radical (unpaired) electrons. The quantitative estimate of drug-likeness (QED) is 0.571. The van der Waals surface area contributed by atoms with Gasteiger partial charge in [0.1, 0.15) is 0 Å². The van der Waals surface area contributed by atoms with Crippen LogP contribution in [0, 0.1) is 13.1 Å². The second-order valence-electron chi connectivity index (χ2n) is 3.93. The van der Waals surface area contributed by atoms with Gasteiger partial charge in [-0.15, -0.1) is 0 Å². The van der Waals surface area contributed by atoms with E-state index in [1.165, 1.54) is 22.2 Å². The summed E-state index contributed by atoms with van der Waals surface area (Å²) in [4.78, 5) is 0. The fourth-order valence-corrected chi connectivity index (χ4v) is 2.06. The van der Waals surface area contributed by atoms with E-state index in [9.17, 15) is 0 Å². The average Bonchev–Trinajstić information content (AvgIpc) is 2.69. The van der Waals surface area contributed by atoms with Crippen molar-refractivity contribution in [2.75, 3.05) is 0 Å². The van der Waals surface area contributed by atoms with Crippen molar-refractivity contribution < 1.29 is 0 Å². The van der Waals surface area contributed by atoms with Gasteiger partial charge in [-0.3, -0.25) is 0 Å². The molecule has 1 aromatic carbocycles. The number of hydrogen-bond acceptors (Lipinski definition) is 0. The standard InChI is InChI=1S/C15H12N/c1-12-14(13-7-3-2-4-8-13)11-16-10-6-5-9-15(12)16/h2-10H,1H3. The lowest BCUT2D eigenvalue weighted by Gasteiger charge is -1.98. The summed E-state index contributed by atoms with van der Waals surface area (Å²) < 4.78 is 2.05. The Morgan fingerprint density at radius 1 is 0.938 bits per heavy atom. The second-order valence-corrected chi connectivity index (χ2v) is 3.93. The number of aromatic nitrogens is 1. The molecule has 0 N–H and O–H groups in total. The first-order valence-corrected chi connectivity index (χ1v) is 5.40. The highest BCUT2D eigenvalue weighted by Crippen LogP contribution is 2.26. The van der Waals surface area contributed by atoms with E-state index in [1.54, 1.807) is 0 Å². The SMILES string of the molecule is Cc1c(-c2ccccc2)[c]n2ccccc12. The average molecular weight is 206 g/mol. The molecule has 0 amide bonds. The van der Waals surface area contributed by atoms with Gasteiger partial charge in [0.15, 0.2) is 0 Å². The van der Waals surface area contributed by atoms with E-state index in [4.69, 9.17) is 0 Å². The molecule has 2 aromatic heterocycles. The summed E-state index contributed by atoms with van der Waals surface area (Å²) in [5.41, 5.74) is 4.92. The molecule has 16 heavy (non-hydrogen) atoms. The Kier molecular flexibility index (Phi) is 2.03. The van der Waals surface area contributed by atoms with Gasteiger partial charge in [0, 0.05) is 17.3 Å². The predicted octanol–water partition coefficient (Wildman–Crippen LogP) is 3.71. The van der Waals surface area contributed by atoms with E-state index in [-0.39, 0.29) is 0 Å². The van der Waals surface area contributed by atoms with Crippen molar-refractivity contribution in [3.63, 3.8) is 0 Å². The molecular weight excluding hydrogens is 194 g/mol. The van der Waals surface area contributed by atoms with Crippen LogP contribution in [0.2, 0.25) is 0 Å². The van der Waals surface area contributed by atoms with Gasteiger partial charge in [-0.1, -0.05) is 36.4 Å². The van der Waals surface area contributed by atoms with E-state index in [0.29, 0.717) is 0 Å². The Labute approximate surface area is 95.0 Å². The Morgan fingerprint density at radius 2 is 1.69 bits per heavy atom. The van der Waals surface area contributed by atoms with Gasteiger partial charge < -0.3 is 4.40 Å². The van der Waals surface area contributed by atoms with E-state index >= 15 is 0 Å². The van der Waals surface area contributed by atoms with Crippen LogP contribution in [-0.4, -0.2) is 4.40 Å². The summed E-state index contributed by atoms with van der Waals surface area (Å²) in [6.07, 6.45) is 5.43. The van der Waals surface area contributed by atoms with Crippen molar-refractivity contribution in [3.05, 3.63) is 66.5 Å². The van der Waals surface area contributed by atoms with Gasteiger partial charge in [0.05, 0.1) is 6.20 Å². The molecule has 3 aromatic rings. The molecule has 77 valence electrons. The van der Waals surface area contributed by atoms with Gasteiger partial charge >= 0.3 is 0 Å². The van der Waals surface area contributed by atoms with Crippen LogP contribution in [0.5, 0.6) is 0 Å². The molecule has 1 nitrogen and oxygen atoms in total. The minimum Gasteiger partial charge on any atom is -0.314 e. The molecular formula is C15H12N. The first-order chi connectivity index (χ1) is 7.86. The van der Waals surface area contributed by atoms with Crippen LogP contribution in [0.25, 0.3) is 16.6 Å². The predicted molar refractivity (Wildman–Crippen MR) is 66.4 cm³/mol. The third-order valence-electron chi connectivity index (χ3n) is 2.91. The molecule has 0 atom stereocenters. The summed E-state index contributed by atoms with van der Waals surface area (Å²) in [5, 5.41) is 0. The maximum Gasteiger partial charge on any atom is 0.0786 e. The summed E-state index contributed by atoms with van der Waals surface area (Å²) >= 11 is 0. The number of benzene rings is 1. The van der Waals surface area contributed by atoms with Gasteiger partial charge in [-0.05, 0) is 30.2 Å². The van der Waals surface area contributed by atoms with Gasteiger partial charge in [0.2, 0.25) is 0 Å². The number of pyridine rings is 1. The van der Waals surface area contributed by atoms with Crippen molar-refractivity contribution >= 4 is 5.52 Å². The number of fused-ring (bicyclic) bond motifs is 1.